The van der Waals surface area contributed by atoms with E-state index in [0.29, 0.717) is 18.5 Å². The number of fused-ring (bicyclic) bond motifs is 3. The average molecular weight is 446 g/mol. The van der Waals surface area contributed by atoms with Crippen LogP contribution in [0.2, 0.25) is 5.02 Å². The second-order valence-electron chi connectivity index (χ2n) is 8.05. The Bertz CT molecular complexity index is 1380. The maximum atomic E-state index is 13.6. The Morgan fingerprint density at radius 2 is 1.94 bits per heavy atom. The molecule has 0 saturated carbocycles. The van der Waals surface area contributed by atoms with Gasteiger partial charge >= 0.3 is 0 Å². The lowest BCUT2D eigenvalue weighted by atomic mass is 9.91. The second-order valence-corrected chi connectivity index (χ2v) is 8.46. The van der Waals surface area contributed by atoms with Gasteiger partial charge in [-0.1, -0.05) is 47.5 Å². The zero-order valence-electron chi connectivity index (χ0n) is 17.3. The number of nitro benzene ring substituents is 1. The average Bonchev–Trinajstić information content (AvgIpc) is 3.16. The van der Waals surface area contributed by atoms with Crippen LogP contribution in [0.4, 0.5) is 5.69 Å². The molecule has 1 N–H and O–H groups in total. The molecule has 3 aromatic carbocycles. The molecule has 32 heavy (non-hydrogen) atoms. The van der Waals surface area contributed by atoms with E-state index in [1.807, 2.05) is 54.3 Å². The lowest BCUT2D eigenvalue weighted by Gasteiger charge is -2.36. The van der Waals surface area contributed by atoms with Gasteiger partial charge in [0.1, 0.15) is 5.02 Å². The van der Waals surface area contributed by atoms with E-state index in [4.69, 9.17) is 11.6 Å². The fourth-order valence-electron chi connectivity index (χ4n) is 4.59. The Balaban J connectivity index is 1.68. The van der Waals surface area contributed by atoms with Crippen LogP contribution in [0, 0.1) is 17.0 Å². The van der Waals surface area contributed by atoms with Crippen molar-refractivity contribution in [3.05, 3.63) is 110 Å². The maximum absolute atomic E-state index is 13.6. The molecule has 1 aliphatic heterocycles. The van der Waals surface area contributed by atoms with Crippen molar-refractivity contribution in [3.8, 4) is 0 Å². The number of halogens is 1. The number of nitro groups is 1. The molecule has 0 fully saturated rings. The zero-order valence-corrected chi connectivity index (χ0v) is 18.1. The number of aromatic nitrogens is 1. The molecule has 5 rings (SSSR count). The summed E-state index contributed by atoms with van der Waals surface area (Å²) in [6.07, 6.45) is 0.716. The summed E-state index contributed by atoms with van der Waals surface area (Å²) in [6.45, 7) is 2.48. The molecule has 1 unspecified atom stereocenters. The molecule has 1 atom stereocenters. The van der Waals surface area contributed by atoms with Crippen LogP contribution < -0.4 is 0 Å². The molecule has 0 radical (unpaired) electrons. The van der Waals surface area contributed by atoms with E-state index in [1.165, 1.54) is 6.07 Å². The van der Waals surface area contributed by atoms with Gasteiger partial charge in [-0.2, -0.15) is 0 Å². The van der Waals surface area contributed by atoms with E-state index in [-0.39, 0.29) is 16.6 Å². The number of aromatic amines is 1. The molecule has 6 nitrogen and oxygen atoms in total. The molecule has 4 aromatic rings. The lowest BCUT2D eigenvalue weighted by Crippen LogP contribution is -2.40. The Morgan fingerprint density at radius 3 is 2.69 bits per heavy atom. The third-order valence-corrected chi connectivity index (χ3v) is 6.35. The number of aryl methyl sites for hydroxylation is 1. The zero-order chi connectivity index (χ0) is 22.4. The minimum Gasteiger partial charge on any atom is -0.356 e. The van der Waals surface area contributed by atoms with Gasteiger partial charge in [0.05, 0.1) is 11.0 Å². The van der Waals surface area contributed by atoms with Crippen LogP contribution in [0.5, 0.6) is 0 Å². The van der Waals surface area contributed by atoms with Gasteiger partial charge in [-0.25, -0.2) is 0 Å². The molecule has 7 heteroatoms. The van der Waals surface area contributed by atoms with Crippen molar-refractivity contribution in [2.75, 3.05) is 6.54 Å². The fourth-order valence-corrected chi connectivity index (χ4v) is 4.85. The van der Waals surface area contributed by atoms with Crippen molar-refractivity contribution in [2.45, 2.75) is 19.4 Å². The quantitative estimate of drug-likeness (QED) is 0.318. The summed E-state index contributed by atoms with van der Waals surface area (Å²) in [5.41, 5.74) is 5.28. The molecule has 2 heterocycles. The summed E-state index contributed by atoms with van der Waals surface area (Å²) in [4.78, 5) is 29.7. The van der Waals surface area contributed by atoms with E-state index in [9.17, 15) is 14.9 Å². The molecule has 0 bridgehead atoms. The van der Waals surface area contributed by atoms with Crippen LogP contribution in [0.25, 0.3) is 10.9 Å². The highest BCUT2D eigenvalue weighted by Gasteiger charge is 2.35. The van der Waals surface area contributed by atoms with Gasteiger partial charge in [-0.3, -0.25) is 14.9 Å². The van der Waals surface area contributed by atoms with Crippen molar-refractivity contribution >= 4 is 34.1 Å². The minimum atomic E-state index is -0.503. The first-order valence-electron chi connectivity index (χ1n) is 10.3. The first-order valence-corrected chi connectivity index (χ1v) is 10.7. The van der Waals surface area contributed by atoms with Gasteiger partial charge in [0, 0.05) is 34.8 Å². The van der Waals surface area contributed by atoms with Crippen molar-refractivity contribution in [3.63, 3.8) is 0 Å². The summed E-state index contributed by atoms with van der Waals surface area (Å²) in [7, 11) is 0. The summed E-state index contributed by atoms with van der Waals surface area (Å²) < 4.78 is 0. The number of nitrogens with zero attached hydrogens (tertiary/aromatic N) is 2. The van der Waals surface area contributed by atoms with Gasteiger partial charge in [0.25, 0.3) is 11.6 Å². The number of benzene rings is 3. The summed E-state index contributed by atoms with van der Waals surface area (Å²) in [5.74, 6) is -0.0857. The van der Waals surface area contributed by atoms with Crippen LogP contribution >= 0.6 is 11.6 Å². The van der Waals surface area contributed by atoms with E-state index < -0.39 is 11.0 Å². The number of rotatable bonds is 3. The number of carbonyl (C=O) groups excluding carboxylic acids is 1. The SMILES string of the molecule is Cc1cccc(C(=O)N2CCc3c([nH]c4ccccc34)C2c2ccc([N+](=O)[O-])c(Cl)c2)c1. The number of carbonyl (C=O) groups is 1. The van der Waals surface area contributed by atoms with Gasteiger partial charge in [-0.15, -0.1) is 0 Å². The van der Waals surface area contributed by atoms with E-state index in [2.05, 4.69) is 11.1 Å². The normalized spacial score (nSPS) is 15.6. The third-order valence-electron chi connectivity index (χ3n) is 6.04. The first-order chi connectivity index (χ1) is 15.4. The summed E-state index contributed by atoms with van der Waals surface area (Å²) in [5, 5.41) is 12.4. The molecule has 160 valence electrons. The second kappa shape index (κ2) is 7.80. The molecule has 1 aromatic heterocycles. The van der Waals surface area contributed by atoms with E-state index >= 15 is 0 Å². The Morgan fingerprint density at radius 1 is 1.12 bits per heavy atom. The maximum Gasteiger partial charge on any atom is 0.287 e. The molecule has 0 saturated heterocycles. The monoisotopic (exact) mass is 445 g/mol. The van der Waals surface area contributed by atoms with Crippen LogP contribution in [0.3, 0.4) is 0 Å². The van der Waals surface area contributed by atoms with Crippen molar-refractivity contribution in [1.29, 1.82) is 0 Å². The Labute approximate surface area is 189 Å². The van der Waals surface area contributed by atoms with Crippen LogP contribution in [0.1, 0.15) is 38.8 Å². The highest BCUT2D eigenvalue weighted by Crippen LogP contribution is 2.40. The van der Waals surface area contributed by atoms with Gasteiger partial charge in [0.2, 0.25) is 0 Å². The van der Waals surface area contributed by atoms with Crippen molar-refractivity contribution < 1.29 is 9.72 Å². The van der Waals surface area contributed by atoms with Gasteiger partial charge in [0.15, 0.2) is 0 Å². The number of hydrogen-bond acceptors (Lipinski definition) is 3. The molecular formula is C25H20ClN3O3. The Hall–Kier alpha value is -3.64. The van der Waals surface area contributed by atoms with E-state index in [1.54, 1.807) is 12.1 Å². The number of para-hydroxylation sites is 1. The van der Waals surface area contributed by atoms with Gasteiger partial charge < -0.3 is 9.88 Å². The highest BCUT2D eigenvalue weighted by atomic mass is 35.5. The first kappa shape index (κ1) is 20.3. The number of amides is 1. The summed E-state index contributed by atoms with van der Waals surface area (Å²) in [6, 6.07) is 19.8. The molecule has 0 aliphatic carbocycles. The third kappa shape index (κ3) is 3.33. The number of H-pyrrole nitrogens is 1. The molecule has 1 amide bonds. The minimum absolute atomic E-state index is 0.0543. The Kier molecular flexibility index (Phi) is 4.94. The lowest BCUT2D eigenvalue weighted by molar-refractivity contribution is -0.384. The van der Waals surface area contributed by atoms with Crippen LogP contribution in [-0.4, -0.2) is 27.3 Å². The standard InChI is InChI=1S/C25H20ClN3O3/c1-15-5-4-6-17(13-15)25(30)28-12-11-19-18-7-2-3-8-21(18)27-23(19)24(28)16-9-10-22(29(31)32)20(26)14-16/h2-10,13-14,24,27H,11-12H2,1H3. The molecule has 1 aliphatic rings. The number of nitrogens with one attached hydrogen (secondary N) is 1. The molecule has 0 spiro atoms. The van der Waals surface area contributed by atoms with Crippen LogP contribution in [-0.2, 0) is 6.42 Å². The van der Waals surface area contributed by atoms with Crippen molar-refractivity contribution in [2.24, 2.45) is 0 Å². The van der Waals surface area contributed by atoms with Crippen molar-refractivity contribution in [1.82, 2.24) is 9.88 Å². The fraction of sp³-hybridized carbons (Fsp3) is 0.160. The van der Waals surface area contributed by atoms with Gasteiger partial charge in [-0.05, 0) is 54.8 Å². The van der Waals surface area contributed by atoms with Crippen LogP contribution in [0.15, 0.2) is 66.7 Å². The topological polar surface area (TPSA) is 79.2 Å². The number of hydrogen-bond donors (Lipinski definition) is 1. The van der Waals surface area contributed by atoms with E-state index in [0.717, 1.165) is 33.3 Å². The summed E-state index contributed by atoms with van der Waals surface area (Å²) >= 11 is 6.26. The molecular weight excluding hydrogens is 426 g/mol. The largest absolute Gasteiger partial charge is 0.356 e. The smallest absolute Gasteiger partial charge is 0.287 e. The predicted molar refractivity (Wildman–Crippen MR) is 124 cm³/mol. The predicted octanol–water partition coefficient (Wildman–Crippen LogP) is 5.83. The highest BCUT2D eigenvalue weighted by molar-refractivity contribution is 6.32.